The first-order valence-corrected chi connectivity index (χ1v) is 10.5. The lowest BCUT2D eigenvalue weighted by Gasteiger charge is -2.26. The van der Waals surface area contributed by atoms with E-state index in [9.17, 15) is 0 Å². The van der Waals surface area contributed by atoms with Gasteiger partial charge in [-0.1, -0.05) is 18.7 Å². The van der Waals surface area contributed by atoms with Gasteiger partial charge in [0.2, 0.25) is 0 Å². The first kappa shape index (κ1) is 23.7. The first-order chi connectivity index (χ1) is 14.7. The summed E-state index contributed by atoms with van der Waals surface area (Å²) in [5.74, 6) is 0.842. The van der Waals surface area contributed by atoms with Gasteiger partial charge in [0.25, 0.3) is 0 Å². The summed E-state index contributed by atoms with van der Waals surface area (Å²) in [4.78, 5) is 15.8. The molecule has 0 spiro atoms. The zero-order valence-electron chi connectivity index (χ0n) is 18.5. The van der Waals surface area contributed by atoms with Crippen LogP contribution in [0, 0.1) is 0 Å². The van der Waals surface area contributed by atoms with E-state index in [1.807, 2.05) is 13.0 Å². The lowest BCUT2D eigenvalue weighted by Crippen LogP contribution is -2.30. The maximum atomic E-state index is 7.00. The molecule has 0 aromatic carbocycles. The van der Waals surface area contributed by atoms with E-state index in [-0.39, 0.29) is 0 Å². The Balaban J connectivity index is 0.00000155. The second-order valence-corrected chi connectivity index (χ2v) is 7.24. The van der Waals surface area contributed by atoms with Crippen LogP contribution in [0.3, 0.4) is 0 Å². The van der Waals surface area contributed by atoms with E-state index in [0.29, 0.717) is 0 Å². The summed E-state index contributed by atoms with van der Waals surface area (Å²) in [7, 11) is 2.67. The highest BCUT2D eigenvalue weighted by Gasteiger charge is 2.16. The third-order valence-corrected chi connectivity index (χ3v) is 5.24. The van der Waals surface area contributed by atoms with Crippen molar-refractivity contribution >= 4 is 11.3 Å². The van der Waals surface area contributed by atoms with Crippen LogP contribution in [0.25, 0.3) is 5.57 Å². The molecule has 0 unspecified atom stereocenters. The summed E-state index contributed by atoms with van der Waals surface area (Å²) in [6, 6.07) is 2.16. The van der Waals surface area contributed by atoms with Crippen LogP contribution in [0.4, 0.5) is 0 Å². The zero-order chi connectivity index (χ0) is 21.8. The second-order valence-electron chi connectivity index (χ2n) is 7.24. The van der Waals surface area contributed by atoms with E-state index in [1.165, 1.54) is 30.4 Å². The Morgan fingerprint density at radius 3 is 2.73 bits per heavy atom. The molecule has 0 bridgehead atoms. The predicted molar refractivity (Wildman–Crippen MR) is 123 cm³/mol. The number of nitrogens with zero attached hydrogens (tertiary/aromatic N) is 4. The Labute approximate surface area is 180 Å². The van der Waals surface area contributed by atoms with Crippen LogP contribution in [0.1, 0.15) is 50.4 Å². The van der Waals surface area contributed by atoms with Gasteiger partial charge in [-0.2, -0.15) is 0 Å². The molecule has 2 aliphatic rings. The van der Waals surface area contributed by atoms with Crippen LogP contribution in [0.5, 0.6) is 0 Å². The number of hydrogen-bond donors (Lipinski definition) is 1. The molecule has 0 atom stereocenters. The minimum absolute atomic E-state index is 0.841. The van der Waals surface area contributed by atoms with Gasteiger partial charge < -0.3 is 9.84 Å². The number of ether oxygens (including phenoxy) is 1. The van der Waals surface area contributed by atoms with Gasteiger partial charge in [0.15, 0.2) is 0 Å². The normalized spacial score (nSPS) is 18.0. The first-order valence-electron chi connectivity index (χ1n) is 10.5. The molecule has 0 amide bonds. The van der Waals surface area contributed by atoms with Crippen LogP contribution in [-0.2, 0) is 11.3 Å². The van der Waals surface area contributed by atoms with Crippen LogP contribution in [0.15, 0.2) is 59.7 Å². The van der Waals surface area contributed by atoms with Crippen LogP contribution in [0.2, 0.25) is 0 Å². The number of allylic oxidation sites excluding steroid dienone is 4. The molecule has 6 heteroatoms. The molecule has 3 rings (SSSR count). The van der Waals surface area contributed by atoms with Gasteiger partial charge >= 0.3 is 0 Å². The van der Waals surface area contributed by atoms with Crippen molar-refractivity contribution in [3.05, 3.63) is 66.1 Å². The highest BCUT2D eigenvalue weighted by Crippen LogP contribution is 2.25. The van der Waals surface area contributed by atoms with Crippen LogP contribution >= 0.6 is 0 Å². The van der Waals surface area contributed by atoms with E-state index in [2.05, 4.69) is 44.7 Å². The number of aromatic nitrogens is 2. The number of aliphatic hydroxyl groups is 1. The van der Waals surface area contributed by atoms with E-state index in [0.717, 1.165) is 62.4 Å². The number of aliphatic imine (C=N–C) groups is 1. The molecule has 162 valence electrons. The lowest BCUT2D eigenvalue weighted by atomic mass is 9.97. The van der Waals surface area contributed by atoms with Crippen LogP contribution < -0.4 is 0 Å². The van der Waals surface area contributed by atoms with E-state index < -0.39 is 0 Å². The van der Waals surface area contributed by atoms with E-state index >= 15 is 0 Å². The predicted octanol–water partition coefficient (Wildman–Crippen LogP) is 4.31. The number of aliphatic hydroxyl groups excluding tert-OH is 1. The fourth-order valence-electron chi connectivity index (χ4n) is 3.61. The van der Waals surface area contributed by atoms with Gasteiger partial charge in [-0.25, -0.2) is 9.97 Å². The summed E-state index contributed by atoms with van der Waals surface area (Å²) >= 11 is 0. The van der Waals surface area contributed by atoms with Crippen molar-refractivity contribution in [2.24, 2.45) is 4.99 Å². The standard InChI is InChI=1S/C23H30N4O.CH4O/c1-4-24-22(14-18(2)28-3)20-10-12-27(13-11-20)16-21-15-23(26-17-25-21)19-8-6-5-7-9-19;1-2/h4,8,10,14-15,17H,1,5-7,9,11-13,16H2,2-3H3;2H,1H3/b18-14+,24-22?;. The van der Waals surface area contributed by atoms with Crippen molar-refractivity contribution in [1.29, 1.82) is 0 Å². The Morgan fingerprint density at radius 1 is 1.27 bits per heavy atom. The molecule has 0 fully saturated rings. The van der Waals surface area contributed by atoms with Gasteiger partial charge in [-0.05, 0) is 56.2 Å². The Hall–Kier alpha value is -2.57. The molecule has 1 aliphatic carbocycles. The van der Waals surface area contributed by atoms with Gasteiger partial charge in [0, 0.05) is 39.0 Å². The molecule has 1 aromatic rings. The molecule has 1 N–H and O–H groups in total. The summed E-state index contributed by atoms with van der Waals surface area (Å²) in [6.07, 6.45) is 15.6. The van der Waals surface area contributed by atoms with Crippen molar-refractivity contribution in [2.75, 3.05) is 27.3 Å². The summed E-state index contributed by atoms with van der Waals surface area (Å²) in [6.45, 7) is 8.36. The quantitative estimate of drug-likeness (QED) is 0.536. The summed E-state index contributed by atoms with van der Waals surface area (Å²) < 4.78 is 5.27. The molecular formula is C24H34N4O2. The number of hydrogen-bond acceptors (Lipinski definition) is 6. The third kappa shape index (κ3) is 7.04. The van der Waals surface area contributed by atoms with Gasteiger partial charge in [-0.15, -0.1) is 0 Å². The average Bonchev–Trinajstić information content (AvgIpc) is 2.81. The number of methoxy groups -OCH3 is 1. The summed E-state index contributed by atoms with van der Waals surface area (Å²) in [5.41, 5.74) is 5.73. The molecule has 0 radical (unpaired) electrons. The topological polar surface area (TPSA) is 70.8 Å². The largest absolute Gasteiger partial charge is 0.501 e. The van der Waals surface area contributed by atoms with E-state index in [1.54, 1.807) is 19.6 Å². The zero-order valence-corrected chi connectivity index (χ0v) is 18.5. The molecule has 30 heavy (non-hydrogen) atoms. The number of rotatable bonds is 7. The smallest absolute Gasteiger partial charge is 0.116 e. The monoisotopic (exact) mass is 410 g/mol. The molecule has 1 aromatic heterocycles. The third-order valence-electron chi connectivity index (χ3n) is 5.24. The molecule has 0 saturated heterocycles. The molecule has 0 saturated carbocycles. The highest BCUT2D eigenvalue weighted by atomic mass is 16.5. The SMILES string of the molecule is C=CN=C(/C=C(\C)OC)C1=CCN(Cc2cc(C3=CCCCC3)ncn2)CC1.CO. The molecular weight excluding hydrogens is 376 g/mol. The molecule has 1 aliphatic heterocycles. The van der Waals surface area contributed by atoms with Crippen molar-refractivity contribution < 1.29 is 9.84 Å². The van der Waals surface area contributed by atoms with Crippen molar-refractivity contribution in [3.63, 3.8) is 0 Å². The summed E-state index contributed by atoms with van der Waals surface area (Å²) in [5, 5.41) is 7.00. The van der Waals surface area contributed by atoms with E-state index in [4.69, 9.17) is 9.84 Å². The van der Waals surface area contributed by atoms with Crippen molar-refractivity contribution in [3.8, 4) is 0 Å². The Morgan fingerprint density at radius 2 is 2.10 bits per heavy atom. The maximum Gasteiger partial charge on any atom is 0.116 e. The van der Waals surface area contributed by atoms with Gasteiger partial charge in [0.05, 0.1) is 30.0 Å². The highest BCUT2D eigenvalue weighted by molar-refractivity contribution is 6.09. The Bertz CT molecular complexity index is 824. The fraction of sp³-hybridized carbons (Fsp3) is 0.458. The van der Waals surface area contributed by atoms with Crippen LogP contribution in [-0.4, -0.2) is 53.0 Å². The average molecular weight is 411 g/mol. The molecule has 2 heterocycles. The van der Waals surface area contributed by atoms with Gasteiger partial charge in [-0.3, -0.25) is 9.89 Å². The minimum atomic E-state index is 0.841. The lowest BCUT2D eigenvalue weighted by molar-refractivity contribution is 0.284. The maximum absolute atomic E-state index is 7.00. The van der Waals surface area contributed by atoms with Crippen molar-refractivity contribution in [2.45, 2.75) is 45.6 Å². The van der Waals surface area contributed by atoms with Gasteiger partial charge in [0.1, 0.15) is 6.33 Å². The minimum Gasteiger partial charge on any atom is -0.501 e. The molecule has 6 nitrogen and oxygen atoms in total. The fourth-order valence-corrected chi connectivity index (χ4v) is 3.61. The van der Waals surface area contributed by atoms with Crippen molar-refractivity contribution in [1.82, 2.24) is 14.9 Å². The second kappa shape index (κ2) is 12.9. The Kier molecular flexibility index (Phi) is 10.2.